The van der Waals surface area contributed by atoms with Gasteiger partial charge in [-0.3, -0.25) is 4.57 Å². The number of aromatic nitrogens is 4. The summed E-state index contributed by atoms with van der Waals surface area (Å²) in [4.78, 5) is 10.6. The molecule has 1 aliphatic rings. The number of hydrogen-bond acceptors (Lipinski definition) is 3. The number of rotatable bonds is 3. The van der Waals surface area contributed by atoms with Crippen LogP contribution >= 0.6 is 0 Å². The van der Waals surface area contributed by atoms with Crippen LogP contribution in [-0.2, 0) is 0 Å². The van der Waals surface area contributed by atoms with Crippen LogP contribution < -0.4 is 4.74 Å². The summed E-state index contributed by atoms with van der Waals surface area (Å²) in [7, 11) is 0. The maximum Gasteiger partial charge on any atom is 0.235 e. The number of nitrogens with zero attached hydrogens (tertiary/aromatic N) is 4. The summed E-state index contributed by atoms with van der Waals surface area (Å²) in [5, 5.41) is 10.6. The van der Waals surface area contributed by atoms with Gasteiger partial charge in [-0.25, -0.2) is 9.97 Å². The van der Waals surface area contributed by atoms with Crippen LogP contribution in [0.4, 0.5) is 0 Å². The lowest BCUT2D eigenvalue weighted by molar-refractivity contribution is 0.486. The van der Waals surface area contributed by atoms with E-state index in [1.54, 1.807) is 0 Å². The van der Waals surface area contributed by atoms with Crippen LogP contribution in [0.3, 0.4) is 0 Å². The molecule has 0 saturated heterocycles. The normalized spacial score (nSPS) is 12.4. The maximum absolute atomic E-state index is 6.33. The predicted molar refractivity (Wildman–Crippen MR) is 234 cm³/mol. The van der Waals surface area contributed by atoms with E-state index in [-0.39, 0.29) is 0 Å². The molecule has 0 bridgehead atoms. The third-order valence-electron chi connectivity index (χ3n) is 11.8. The molecule has 0 atom stereocenters. The van der Waals surface area contributed by atoms with Gasteiger partial charge >= 0.3 is 0 Å². The zero-order valence-corrected chi connectivity index (χ0v) is 30.5. The fourth-order valence-corrected chi connectivity index (χ4v) is 9.23. The van der Waals surface area contributed by atoms with Gasteiger partial charge in [0.05, 0.1) is 38.7 Å². The highest BCUT2D eigenvalue weighted by Gasteiger charge is 2.25. The Morgan fingerprint density at radius 2 is 0.930 bits per heavy atom. The molecule has 0 saturated carbocycles. The molecular weight excluding hydrogens is 697 g/mol. The Morgan fingerprint density at radius 1 is 0.386 bits per heavy atom. The molecule has 57 heavy (non-hydrogen) atoms. The lowest BCUT2D eigenvalue weighted by Gasteiger charge is -2.21. The van der Waals surface area contributed by atoms with Crippen molar-refractivity contribution in [3.8, 4) is 45.5 Å². The number of fused-ring (bicyclic) bond motifs is 10. The standard InChI is InChI=1S/C52H30N4O/c1-2-15-37(16-3-1)55-44-23-21-35(27-39(44)41-25-31-11-4-6-13-33(31)29-46(41)55)36-22-24-45-40(28-36)42-26-32-12-5-7-14-34(32)30-47(42)56(45)52-53-43-18-10-20-49-50(43)51(54-52)38-17-8-9-19-48(38)57-49/h1-30H. The van der Waals surface area contributed by atoms with E-state index < -0.39 is 0 Å². The lowest BCUT2D eigenvalue weighted by atomic mass is 9.99. The zero-order chi connectivity index (χ0) is 37.2. The van der Waals surface area contributed by atoms with E-state index in [1.807, 2.05) is 30.3 Å². The Labute approximate surface area is 326 Å². The van der Waals surface area contributed by atoms with Crippen LogP contribution in [-0.4, -0.2) is 19.1 Å². The van der Waals surface area contributed by atoms with Crippen molar-refractivity contribution in [2.75, 3.05) is 0 Å². The SMILES string of the molecule is c1ccc(-n2c3ccc(-c4ccc5c(c4)c4cc6ccccc6cc4n5-c4nc5c6c(cccc6n4)Oc4ccccc4-5)cc3c3cc4ccccc4cc32)cc1. The minimum atomic E-state index is 0.636. The molecule has 0 unspecified atom stereocenters. The summed E-state index contributed by atoms with van der Waals surface area (Å²) in [5.74, 6) is 2.22. The number of ether oxygens (including phenoxy) is 1. The van der Waals surface area contributed by atoms with Crippen molar-refractivity contribution < 1.29 is 4.74 Å². The molecule has 0 fully saturated rings. The van der Waals surface area contributed by atoms with Gasteiger partial charge in [-0.15, -0.1) is 0 Å². The first-order valence-electron chi connectivity index (χ1n) is 19.3. The van der Waals surface area contributed by atoms with Crippen molar-refractivity contribution in [1.29, 1.82) is 0 Å². The first kappa shape index (κ1) is 30.6. The van der Waals surface area contributed by atoms with E-state index in [0.717, 1.165) is 66.7 Å². The van der Waals surface area contributed by atoms with Crippen LogP contribution in [0.1, 0.15) is 0 Å². The molecule has 1 aliphatic heterocycles. The van der Waals surface area contributed by atoms with Gasteiger partial charge in [0.1, 0.15) is 11.5 Å². The maximum atomic E-state index is 6.33. The van der Waals surface area contributed by atoms with Crippen molar-refractivity contribution in [3.05, 3.63) is 182 Å². The molecule has 0 radical (unpaired) electrons. The van der Waals surface area contributed by atoms with Gasteiger partial charge in [0, 0.05) is 32.8 Å². The highest BCUT2D eigenvalue weighted by molar-refractivity contribution is 6.16. The van der Waals surface area contributed by atoms with Crippen molar-refractivity contribution in [3.63, 3.8) is 0 Å². The second-order valence-corrected chi connectivity index (χ2v) is 15.0. The second kappa shape index (κ2) is 11.4. The summed E-state index contributed by atoms with van der Waals surface area (Å²) in [6.45, 7) is 0. The molecule has 0 amide bonds. The van der Waals surface area contributed by atoms with Gasteiger partial charge in [0.15, 0.2) is 0 Å². The molecule has 3 aromatic heterocycles. The molecule has 0 aliphatic carbocycles. The molecule has 5 heteroatoms. The molecule has 5 nitrogen and oxygen atoms in total. The van der Waals surface area contributed by atoms with Crippen LogP contribution in [0.2, 0.25) is 0 Å². The Bertz CT molecular complexity index is 3670. The highest BCUT2D eigenvalue weighted by atomic mass is 16.5. The predicted octanol–water partition coefficient (Wildman–Crippen LogP) is 13.6. The largest absolute Gasteiger partial charge is 0.456 e. The van der Waals surface area contributed by atoms with Gasteiger partial charge in [-0.1, -0.05) is 97.1 Å². The van der Waals surface area contributed by atoms with Crippen molar-refractivity contribution >= 4 is 76.1 Å². The van der Waals surface area contributed by atoms with Gasteiger partial charge in [0.25, 0.3) is 0 Å². The summed E-state index contributed by atoms with van der Waals surface area (Å²) in [5.41, 5.74) is 10.7. The van der Waals surface area contributed by atoms with Gasteiger partial charge < -0.3 is 9.30 Å². The smallest absolute Gasteiger partial charge is 0.235 e. The summed E-state index contributed by atoms with van der Waals surface area (Å²) < 4.78 is 11.0. The minimum absolute atomic E-state index is 0.636. The first-order chi connectivity index (χ1) is 28.2. The molecule has 12 aromatic rings. The van der Waals surface area contributed by atoms with Gasteiger partial charge in [0.2, 0.25) is 5.95 Å². The summed E-state index contributed by atoms with van der Waals surface area (Å²) in [6, 6.07) is 65.1. The van der Waals surface area contributed by atoms with E-state index in [4.69, 9.17) is 14.7 Å². The van der Waals surface area contributed by atoms with Crippen LogP contribution in [0.5, 0.6) is 11.5 Å². The third kappa shape index (κ3) is 4.39. The third-order valence-corrected chi connectivity index (χ3v) is 11.8. The molecule has 9 aromatic carbocycles. The zero-order valence-electron chi connectivity index (χ0n) is 30.5. The summed E-state index contributed by atoms with van der Waals surface area (Å²) >= 11 is 0. The van der Waals surface area contributed by atoms with Crippen molar-refractivity contribution in [2.24, 2.45) is 0 Å². The molecule has 0 spiro atoms. The van der Waals surface area contributed by atoms with E-state index in [2.05, 4.69) is 161 Å². The average molecular weight is 727 g/mol. The monoisotopic (exact) mass is 726 g/mol. The highest BCUT2D eigenvalue weighted by Crippen LogP contribution is 2.46. The van der Waals surface area contributed by atoms with Crippen LogP contribution in [0, 0.1) is 0 Å². The van der Waals surface area contributed by atoms with Crippen LogP contribution in [0.15, 0.2) is 182 Å². The van der Waals surface area contributed by atoms with E-state index in [0.29, 0.717) is 5.95 Å². The van der Waals surface area contributed by atoms with Gasteiger partial charge in [-0.05, 0) is 118 Å². The lowest BCUT2D eigenvalue weighted by Crippen LogP contribution is -2.06. The van der Waals surface area contributed by atoms with E-state index >= 15 is 0 Å². The average Bonchev–Trinajstić information content (AvgIpc) is 3.75. The van der Waals surface area contributed by atoms with Crippen LogP contribution in [0.25, 0.3) is 110 Å². The Morgan fingerprint density at radius 3 is 1.61 bits per heavy atom. The van der Waals surface area contributed by atoms with Gasteiger partial charge in [-0.2, -0.15) is 0 Å². The molecule has 264 valence electrons. The number of benzene rings is 9. The molecule has 4 heterocycles. The van der Waals surface area contributed by atoms with E-state index in [1.165, 1.54) is 48.9 Å². The van der Waals surface area contributed by atoms with E-state index in [9.17, 15) is 0 Å². The first-order valence-corrected chi connectivity index (χ1v) is 19.3. The quantitative estimate of drug-likeness (QED) is 0.182. The minimum Gasteiger partial charge on any atom is -0.456 e. The Balaban J connectivity index is 1.06. The number of para-hydroxylation sites is 2. The number of hydrogen-bond donors (Lipinski definition) is 0. The molecule has 13 rings (SSSR count). The Kier molecular flexibility index (Phi) is 6.10. The molecular formula is C52H30N4O. The Hall–Kier alpha value is -7.76. The summed E-state index contributed by atoms with van der Waals surface area (Å²) in [6.07, 6.45) is 0. The molecule has 0 N–H and O–H groups in total. The fourth-order valence-electron chi connectivity index (χ4n) is 9.23. The topological polar surface area (TPSA) is 44.9 Å². The fraction of sp³-hybridized carbons (Fsp3) is 0. The second-order valence-electron chi connectivity index (χ2n) is 15.0. The van der Waals surface area contributed by atoms with Crippen molar-refractivity contribution in [1.82, 2.24) is 19.1 Å². The van der Waals surface area contributed by atoms with Crippen molar-refractivity contribution in [2.45, 2.75) is 0 Å².